The molecule has 1 aliphatic carbocycles. The number of ether oxygens (including phenoxy) is 1. The average Bonchev–Trinajstić information content (AvgIpc) is 2.24. The maximum Gasteiger partial charge on any atom is 0.108 e. The summed E-state index contributed by atoms with van der Waals surface area (Å²) in [6, 6.07) is 7.81. The summed E-state index contributed by atoms with van der Waals surface area (Å²) in [5.74, 6) is 0. The van der Waals surface area contributed by atoms with Crippen molar-refractivity contribution in [2.45, 2.75) is 18.6 Å². The zero-order chi connectivity index (χ0) is 10.2. The van der Waals surface area contributed by atoms with Crippen LogP contribution in [0, 0.1) is 0 Å². The van der Waals surface area contributed by atoms with Gasteiger partial charge in [-0.3, -0.25) is 0 Å². The number of methoxy groups -OCH3 is 1. The number of aliphatic hydroxyl groups is 1. The molecule has 0 fully saturated rings. The van der Waals surface area contributed by atoms with E-state index in [2.05, 4.69) is 0 Å². The van der Waals surface area contributed by atoms with Crippen LogP contribution >= 0.6 is 0 Å². The fraction of sp³-hybridized carbons (Fsp3) is 0.333. The van der Waals surface area contributed by atoms with Gasteiger partial charge < -0.3 is 9.84 Å². The highest BCUT2D eigenvalue weighted by Crippen LogP contribution is 2.36. The molecule has 2 rings (SSSR count). The van der Waals surface area contributed by atoms with E-state index in [1.54, 1.807) is 13.2 Å². The van der Waals surface area contributed by atoms with Crippen molar-refractivity contribution < 1.29 is 9.84 Å². The van der Waals surface area contributed by atoms with Crippen LogP contribution in [0.2, 0.25) is 0 Å². The molecular weight excluding hydrogens is 176 g/mol. The van der Waals surface area contributed by atoms with Crippen LogP contribution in [0.1, 0.15) is 24.2 Å². The number of fused-ring (bicyclic) bond motifs is 1. The summed E-state index contributed by atoms with van der Waals surface area (Å²) in [6.07, 6.45) is 3.17. The van der Waals surface area contributed by atoms with Crippen LogP contribution in [0.5, 0.6) is 0 Å². The summed E-state index contributed by atoms with van der Waals surface area (Å²) in [7, 11) is 1.68. The van der Waals surface area contributed by atoms with Crippen molar-refractivity contribution in [3.05, 3.63) is 47.5 Å². The Bertz CT molecular complexity index is 370. The minimum absolute atomic E-state index is 0.407. The lowest BCUT2D eigenvalue weighted by molar-refractivity contribution is 0.0385. The van der Waals surface area contributed by atoms with Crippen LogP contribution in [0.3, 0.4) is 0 Å². The van der Waals surface area contributed by atoms with Crippen LogP contribution in [0.15, 0.2) is 36.4 Å². The van der Waals surface area contributed by atoms with Crippen LogP contribution in [0.4, 0.5) is 0 Å². The van der Waals surface area contributed by atoms with Gasteiger partial charge in [0, 0.05) is 7.11 Å². The Morgan fingerprint density at radius 2 is 2.07 bits per heavy atom. The SMILES string of the molecule is CO[C@]1(C)C=CC(O)c2ccccc21. The van der Waals surface area contributed by atoms with Gasteiger partial charge in [-0.1, -0.05) is 30.3 Å². The number of aliphatic hydroxyl groups excluding tert-OH is 1. The molecule has 1 unspecified atom stereocenters. The van der Waals surface area contributed by atoms with E-state index in [0.717, 1.165) is 11.1 Å². The van der Waals surface area contributed by atoms with Gasteiger partial charge in [-0.15, -0.1) is 0 Å². The number of rotatable bonds is 1. The molecule has 0 heterocycles. The first-order chi connectivity index (χ1) is 6.67. The quantitative estimate of drug-likeness (QED) is 0.687. The first-order valence-electron chi connectivity index (χ1n) is 4.69. The van der Waals surface area contributed by atoms with Crippen molar-refractivity contribution in [3.63, 3.8) is 0 Å². The minimum Gasteiger partial charge on any atom is -0.384 e. The maximum absolute atomic E-state index is 9.75. The van der Waals surface area contributed by atoms with E-state index < -0.39 is 11.7 Å². The Labute approximate surface area is 83.8 Å². The van der Waals surface area contributed by atoms with E-state index in [0.29, 0.717) is 0 Å². The lowest BCUT2D eigenvalue weighted by Gasteiger charge is -2.32. The summed E-state index contributed by atoms with van der Waals surface area (Å²) in [4.78, 5) is 0. The molecular formula is C12H14O2. The predicted octanol–water partition coefficient (Wildman–Crippen LogP) is 2.15. The van der Waals surface area contributed by atoms with E-state index in [1.165, 1.54) is 0 Å². The molecule has 2 heteroatoms. The Kier molecular flexibility index (Phi) is 2.17. The average molecular weight is 190 g/mol. The lowest BCUT2D eigenvalue weighted by atomic mass is 9.84. The minimum atomic E-state index is -0.505. The Hall–Kier alpha value is -1.12. The van der Waals surface area contributed by atoms with Crippen LogP contribution in [-0.4, -0.2) is 12.2 Å². The summed E-state index contributed by atoms with van der Waals surface area (Å²) >= 11 is 0. The molecule has 1 aromatic rings. The third-order valence-corrected chi connectivity index (χ3v) is 2.83. The fourth-order valence-electron chi connectivity index (χ4n) is 1.85. The fourth-order valence-corrected chi connectivity index (χ4v) is 1.85. The Morgan fingerprint density at radius 1 is 1.36 bits per heavy atom. The third-order valence-electron chi connectivity index (χ3n) is 2.83. The highest BCUT2D eigenvalue weighted by Gasteiger charge is 2.30. The van der Waals surface area contributed by atoms with Crippen molar-refractivity contribution in [1.82, 2.24) is 0 Å². The summed E-state index contributed by atoms with van der Waals surface area (Å²) in [6.45, 7) is 1.99. The molecule has 14 heavy (non-hydrogen) atoms. The lowest BCUT2D eigenvalue weighted by Crippen LogP contribution is -2.27. The van der Waals surface area contributed by atoms with Gasteiger partial charge >= 0.3 is 0 Å². The van der Waals surface area contributed by atoms with E-state index in [9.17, 15) is 5.11 Å². The zero-order valence-corrected chi connectivity index (χ0v) is 8.40. The summed E-state index contributed by atoms with van der Waals surface area (Å²) in [5, 5.41) is 9.75. The molecule has 1 aromatic carbocycles. The van der Waals surface area contributed by atoms with Crippen LogP contribution in [-0.2, 0) is 10.3 Å². The first-order valence-corrected chi connectivity index (χ1v) is 4.69. The van der Waals surface area contributed by atoms with E-state index in [4.69, 9.17) is 4.74 Å². The van der Waals surface area contributed by atoms with Crippen molar-refractivity contribution in [3.8, 4) is 0 Å². The van der Waals surface area contributed by atoms with E-state index >= 15 is 0 Å². The van der Waals surface area contributed by atoms with Gasteiger partial charge in [0.1, 0.15) is 5.60 Å². The van der Waals surface area contributed by atoms with Crippen molar-refractivity contribution in [1.29, 1.82) is 0 Å². The van der Waals surface area contributed by atoms with Gasteiger partial charge in [0.05, 0.1) is 6.10 Å². The van der Waals surface area contributed by atoms with Crippen molar-refractivity contribution in [2.24, 2.45) is 0 Å². The molecule has 0 saturated heterocycles. The molecule has 74 valence electrons. The molecule has 0 radical (unpaired) electrons. The third kappa shape index (κ3) is 1.27. The maximum atomic E-state index is 9.75. The van der Waals surface area contributed by atoms with Crippen LogP contribution in [0.25, 0.3) is 0 Å². The normalized spacial score (nSPS) is 30.1. The second-order valence-electron chi connectivity index (χ2n) is 3.70. The molecule has 0 spiro atoms. The van der Waals surface area contributed by atoms with Gasteiger partial charge in [0.25, 0.3) is 0 Å². The second kappa shape index (κ2) is 3.23. The second-order valence-corrected chi connectivity index (χ2v) is 3.70. The Morgan fingerprint density at radius 3 is 2.79 bits per heavy atom. The summed E-state index contributed by atoms with van der Waals surface area (Å²) in [5.41, 5.74) is 1.56. The highest BCUT2D eigenvalue weighted by atomic mass is 16.5. The van der Waals surface area contributed by atoms with Gasteiger partial charge in [0.2, 0.25) is 0 Å². The van der Waals surface area contributed by atoms with E-state index in [-0.39, 0.29) is 0 Å². The molecule has 0 amide bonds. The monoisotopic (exact) mass is 190 g/mol. The molecule has 0 saturated carbocycles. The zero-order valence-electron chi connectivity index (χ0n) is 8.40. The van der Waals surface area contributed by atoms with Gasteiger partial charge in [-0.2, -0.15) is 0 Å². The Balaban J connectivity index is 2.58. The van der Waals surface area contributed by atoms with Gasteiger partial charge in [-0.25, -0.2) is 0 Å². The number of hydrogen-bond donors (Lipinski definition) is 1. The van der Waals surface area contributed by atoms with Gasteiger partial charge in [-0.05, 0) is 24.1 Å². The predicted molar refractivity (Wildman–Crippen MR) is 54.9 cm³/mol. The van der Waals surface area contributed by atoms with Crippen molar-refractivity contribution in [2.75, 3.05) is 7.11 Å². The molecule has 2 atom stereocenters. The molecule has 2 nitrogen and oxygen atoms in total. The summed E-state index contributed by atoms with van der Waals surface area (Å²) < 4.78 is 5.46. The molecule has 1 aliphatic rings. The van der Waals surface area contributed by atoms with Crippen LogP contribution < -0.4 is 0 Å². The molecule has 0 aliphatic heterocycles. The molecule has 0 aromatic heterocycles. The topological polar surface area (TPSA) is 29.5 Å². The smallest absolute Gasteiger partial charge is 0.108 e. The number of benzene rings is 1. The van der Waals surface area contributed by atoms with Gasteiger partial charge in [0.15, 0.2) is 0 Å². The first kappa shape index (κ1) is 9.44. The molecule has 0 bridgehead atoms. The molecule has 1 N–H and O–H groups in total. The van der Waals surface area contributed by atoms with Crippen molar-refractivity contribution >= 4 is 0 Å². The number of hydrogen-bond acceptors (Lipinski definition) is 2. The standard InChI is InChI=1S/C12H14O2/c1-12(14-2)8-7-11(13)9-5-3-4-6-10(9)12/h3-8,11,13H,1-2H3/t11?,12-/m1/s1. The van der Waals surface area contributed by atoms with E-state index in [1.807, 2.05) is 37.3 Å². The largest absolute Gasteiger partial charge is 0.384 e. The highest BCUT2D eigenvalue weighted by molar-refractivity contribution is 5.41.